The molecule has 1 N–H and O–H groups in total. The molecule has 0 aromatic carbocycles. The summed E-state index contributed by atoms with van der Waals surface area (Å²) >= 11 is 0. The van der Waals surface area contributed by atoms with E-state index in [1.807, 2.05) is 26.0 Å². The van der Waals surface area contributed by atoms with Crippen LogP contribution in [-0.4, -0.2) is 9.55 Å². The maximum Gasteiger partial charge on any atom is 0.328 e. The molecule has 1 aromatic heterocycles. The number of aryl methyl sites for hydroxylation is 1. The lowest BCUT2D eigenvalue weighted by atomic mass is 10.0. The summed E-state index contributed by atoms with van der Waals surface area (Å²) in [4.78, 5) is 26.6. The number of aromatic nitrogens is 2. The topological polar surface area (TPSA) is 54.9 Å². The van der Waals surface area contributed by atoms with Gasteiger partial charge in [-0.05, 0) is 18.8 Å². The molecule has 1 heterocycles. The van der Waals surface area contributed by atoms with Crippen molar-refractivity contribution in [2.75, 3.05) is 0 Å². The lowest BCUT2D eigenvalue weighted by molar-refractivity contribution is 0.489. The first-order valence-corrected chi connectivity index (χ1v) is 5.62. The molecule has 1 aliphatic carbocycles. The minimum Gasteiger partial charge on any atom is -0.310 e. The number of rotatable bonds is 2. The van der Waals surface area contributed by atoms with Crippen molar-refractivity contribution >= 4 is 6.08 Å². The first-order chi connectivity index (χ1) is 7.59. The third-order valence-electron chi connectivity index (χ3n) is 2.70. The van der Waals surface area contributed by atoms with Gasteiger partial charge < -0.3 is 4.98 Å². The zero-order valence-electron chi connectivity index (χ0n) is 9.62. The molecule has 0 spiro atoms. The second-order valence-corrected chi connectivity index (χ2v) is 4.57. The van der Waals surface area contributed by atoms with Gasteiger partial charge in [0.15, 0.2) is 0 Å². The molecule has 1 aliphatic rings. The highest BCUT2D eigenvalue weighted by Crippen LogP contribution is 2.11. The van der Waals surface area contributed by atoms with Crippen LogP contribution in [-0.2, 0) is 13.0 Å². The molecule has 4 nitrogen and oxygen atoms in total. The van der Waals surface area contributed by atoms with Gasteiger partial charge in [0, 0.05) is 12.2 Å². The minimum absolute atomic E-state index is 0.164. The van der Waals surface area contributed by atoms with Crippen molar-refractivity contribution in [2.24, 2.45) is 5.92 Å². The van der Waals surface area contributed by atoms with Crippen molar-refractivity contribution in [1.29, 1.82) is 0 Å². The van der Waals surface area contributed by atoms with E-state index in [1.54, 1.807) is 0 Å². The Bertz CT molecular complexity index is 535. The molecule has 0 atom stereocenters. The first kappa shape index (κ1) is 10.9. The van der Waals surface area contributed by atoms with Crippen LogP contribution in [0.25, 0.3) is 6.08 Å². The molecular formula is C12H16N2O2. The Hall–Kier alpha value is -1.58. The maximum atomic E-state index is 12.1. The van der Waals surface area contributed by atoms with Gasteiger partial charge in [0.1, 0.15) is 0 Å². The highest BCUT2D eigenvalue weighted by atomic mass is 16.2. The monoisotopic (exact) mass is 220 g/mol. The van der Waals surface area contributed by atoms with Gasteiger partial charge in [0.05, 0.1) is 5.56 Å². The normalized spacial score (nSPS) is 14.2. The van der Waals surface area contributed by atoms with Crippen LogP contribution in [0.15, 0.2) is 15.7 Å². The Morgan fingerprint density at radius 2 is 2.19 bits per heavy atom. The fraction of sp³-hybridized carbons (Fsp3) is 0.500. The lowest BCUT2D eigenvalue weighted by Gasteiger charge is -2.13. The molecular weight excluding hydrogens is 204 g/mol. The third kappa shape index (κ3) is 1.87. The Labute approximate surface area is 93.6 Å². The summed E-state index contributed by atoms with van der Waals surface area (Å²) in [7, 11) is 0. The van der Waals surface area contributed by atoms with E-state index in [0.29, 0.717) is 12.1 Å². The van der Waals surface area contributed by atoms with Crippen molar-refractivity contribution in [3.63, 3.8) is 0 Å². The standard InChI is InChI=1S/C12H16N2O2/c1-8(2)7-14-11(15)9-5-3-4-6-10(9)13-12(14)16/h3,5,8H,4,6-7H2,1-2H3,(H,13,16). The molecule has 2 rings (SSSR count). The Morgan fingerprint density at radius 1 is 1.44 bits per heavy atom. The molecule has 1 aromatic rings. The predicted molar refractivity (Wildman–Crippen MR) is 63.5 cm³/mol. The van der Waals surface area contributed by atoms with Gasteiger partial charge in [-0.25, -0.2) is 4.79 Å². The van der Waals surface area contributed by atoms with E-state index < -0.39 is 0 Å². The summed E-state index contributed by atoms with van der Waals surface area (Å²) < 4.78 is 1.29. The average Bonchev–Trinajstić information content (AvgIpc) is 2.24. The van der Waals surface area contributed by atoms with Crippen LogP contribution >= 0.6 is 0 Å². The van der Waals surface area contributed by atoms with Gasteiger partial charge in [-0.2, -0.15) is 0 Å². The van der Waals surface area contributed by atoms with Gasteiger partial charge in [-0.3, -0.25) is 9.36 Å². The zero-order chi connectivity index (χ0) is 11.7. The molecule has 4 heteroatoms. The average molecular weight is 220 g/mol. The van der Waals surface area contributed by atoms with E-state index in [1.165, 1.54) is 4.57 Å². The quantitative estimate of drug-likeness (QED) is 0.813. The van der Waals surface area contributed by atoms with Crippen molar-refractivity contribution in [3.05, 3.63) is 38.2 Å². The van der Waals surface area contributed by atoms with Crippen molar-refractivity contribution in [3.8, 4) is 0 Å². The number of fused-ring (bicyclic) bond motifs is 1. The van der Waals surface area contributed by atoms with E-state index in [0.717, 1.165) is 18.5 Å². The summed E-state index contributed by atoms with van der Waals surface area (Å²) in [5.74, 6) is 0.282. The van der Waals surface area contributed by atoms with Crippen LogP contribution in [0.2, 0.25) is 0 Å². The zero-order valence-corrected chi connectivity index (χ0v) is 9.62. The number of hydrogen-bond acceptors (Lipinski definition) is 2. The van der Waals surface area contributed by atoms with Crippen LogP contribution in [0.3, 0.4) is 0 Å². The van der Waals surface area contributed by atoms with Crippen molar-refractivity contribution in [1.82, 2.24) is 9.55 Å². The van der Waals surface area contributed by atoms with Crippen LogP contribution in [0, 0.1) is 5.92 Å². The summed E-state index contributed by atoms with van der Waals surface area (Å²) in [6.07, 6.45) is 5.42. The van der Waals surface area contributed by atoms with E-state index in [4.69, 9.17) is 0 Å². The molecule has 86 valence electrons. The SMILES string of the molecule is CC(C)Cn1c(=O)[nH]c2c(c1=O)C=CCC2. The van der Waals surface area contributed by atoms with Gasteiger partial charge in [0.2, 0.25) is 0 Å². The molecule has 0 aliphatic heterocycles. The number of aromatic amines is 1. The highest BCUT2D eigenvalue weighted by Gasteiger charge is 2.14. The van der Waals surface area contributed by atoms with E-state index in [2.05, 4.69) is 4.98 Å². The molecule has 0 unspecified atom stereocenters. The molecule has 0 saturated heterocycles. The second-order valence-electron chi connectivity index (χ2n) is 4.57. The summed E-state index contributed by atoms with van der Waals surface area (Å²) in [6.45, 7) is 4.44. The molecule has 16 heavy (non-hydrogen) atoms. The van der Waals surface area contributed by atoms with Crippen LogP contribution in [0.1, 0.15) is 31.5 Å². The predicted octanol–water partition coefficient (Wildman–Crippen LogP) is 1.15. The number of nitrogens with zero attached hydrogens (tertiary/aromatic N) is 1. The minimum atomic E-state index is -0.284. The molecule has 0 fully saturated rings. The summed E-state index contributed by atoms with van der Waals surface area (Å²) in [6, 6.07) is 0. The molecule has 0 amide bonds. The number of nitrogens with one attached hydrogen (secondary N) is 1. The van der Waals surface area contributed by atoms with E-state index in [-0.39, 0.29) is 17.2 Å². The van der Waals surface area contributed by atoms with Gasteiger partial charge >= 0.3 is 5.69 Å². The Kier molecular flexibility index (Phi) is 2.81. The molecule has 0 radical (unpaired) electrons. The van der Waals surface area contributed by atoms with Crippen LogP contribution in [0.5, 0.6) is 0 Å². The van der Waals surface area contributed by atoms with E-state index >= 15 is 0 Å². The van der Waals surface area contributed by atoms with Crippen molar-refractivity contribution in [2.45, 2.75) is 33.2 Å². The Balaban J connectivity index is 2.61. The number of H-pyrrole nitrogens is 1. The Morgan fingerprint density at radius 3 is 2.88 bits per heavy atom. The van der Waals surface area contributed by atoms with Crippen molar-refractivity contribution < 1.29 is 0 Å². The van der Waals surface area contributed by atoms with Crippen LogP contribution < -0.4 is 11.2 Å². The summed E-state index contributed by atoms with van der Waals surface area (Å²) in [5.41, 5.74) is 0.972. The smallest absolute Gasteiger partial charge is 0.310 e. The lowest BCUT2D eigenvalue weighted by Crippen LogP contribution is -2.39. The first-order valence-electron chi connectivity index (χ1n) is 5.62. The number of allylic oxidation sites excluding steroid dienone is 1. The van der Waals surface area contributed by atoms with Gasteiger partial charge in [0.25, 0.3) is 5.56 Å². The fourth-order valence-electron chi connectivity index (χ4n) is 1.96. The fourth-order valence-corrected chi connectivity index (χ4v) is 1.96. The van der Waals surface area contributed by atoms with E-state index in [9.17, 15) is 9.59 Å². The third-order valence-corrected chi connectivity index (χ3v) is 2.70. The largest absolute Gasteiger partial charge is 0.328 e. The number of hydrogen-bond donors (Lipinski definition) is 1. The van der Waals surface area contributed by atoms with Gasteiger partial charge in [-0.1, -0.05) is 26.0 Å². The highest BCUT2D eigenvalue weighted by molar-refractivity contribution is 5.52. The molecule has 0 bridgehead atoms. The summed E-state index contributed by atoms with van der Waals surface area (Å²) in [5, 5.41) is 0. The van der Waals surface area contributed by atoms with Crippen LogP contribution in [0.4, 0.5) is 0 Å². The second kappa shape index (κ2) is 4.12. The molecule has 0 saturated carbocycles. The maximum absolute atomic E-state index is 12.1. The van der Waals surface area contributed by atoms with Gasteiger partial charge in [-0.15, -0.1) is 0 Å².